The molecule has 2 rings (SSSR count). The Hall–Kier alpha value is -2.31. The fourth-order valence-electron chi connectivity index (χ4n) is 1.33. The van der Waals surface area contributed by atoms with Gasteiger partial charge in [0.2, 0.25) is 0 Å². The second-order valence-electron chi connectivity index (χ2n) is 3.35. The molecule has 0 amide bonds. The summed E-state index contributed by atoms with van der Waals surface area (Å²) >= 11 is 0. The number of hydrogen-bond donors (Lipinski definition) is 1. The van der Waals surface area contributed by atoms with Crippen LogP contribution in [0.25, 0.3) is 5.69 Å². The van der Waals surface area contributed by atoms with Gasteiger partial charge in [0.25, 0.3) is 0 Å². The zero-order chi connectivity index (χ0) is 12.4. The Morgan fingerprint density at radius 2 is 1.94 bits per heavy atom. The first-order chi connectivity index (χ1) is 8.04. The number of carbonyl (C=O) groups is 1. The second kappa shape index (κ2) is 4.28. The maximum atomic E-state index is 12.9. The van der Waals surface area contributed by atoms with Crippen LogP contribution in [0, 0.1) is 11.6 Å². The van der Waals surface area contributed by atoms with Gasteiger partial charge in [-0.1, -0.05) is 5.21 Å². The van der Waals surface area contributed by atoms with Gasteiger partial charge in [0, 0.05) is 6.07 Å². The summed E-state index contributed by atoms with van der Waals surface area (Å²) in [7, 11) is 0. The molecule has 2 aromatic rings. The standard InChI is InChI=1S/C10H7F2N3O2/c11-6-1-7(12)3-9(2-6)15-5-8(13-14-15)4-10(16)17/h1-3,5H,4H2,(H,16,17). The summed E-state index contributed by atoms with van der Waals surface area (Å²) in [6.45, 7) is 0. The summed E-state index contributed by atoms with van der Waals surface area (Å²) in [5.74, 6) is -2.53. The van der Waals surface area contributed by atoms with Crippen molar-refractivity contribution in [1.29, 1.82) is 0 Å². The van der Waals surface area contributed by atoms with Crippen molar-refractivity contribution in [2.24, 2.45) is 0 Å². The van der Waals surface area contributed by atoms with Gasteiger partial charge in [0.05, 0.1) is 24.0 Å². The number of benzene rings is 1. The molecule has 1 aromatic heterocycles. The third-order valence-electron chi connectivity index (χ3n) is 1.99. The number of rotatable bonds is 3. The van der Waals surface area contributed by atoms with Gasteiger partial charge in [-0.3, -0.25) is 4.79 Å². The molecule has 0 bridgehead atoms. The van der Waals surface area contributed by atoms with Crippen LogP contribution >= 0.6 is 0 Å². The van der Waals surface area contributed by atoms with E-state index < -0.39 is 17.6 Å². The van der Waals surface area contributed by atoms with Crippen LogP contribution in [0.5, 0.6) is 0 Å². The van der Waals surface area contributed by atoms with E-state index in [1.165, 1.54) is 6.20 Å². The van der Waals surface area contributed by atoms with Crippen LogP contribution in [0.4, 0.5) is 8.78 Å². The zero-order valence-corrected chi connectivity index (χ0v) is 8.47. The second-order valence-corrected chi connectivity index (χ2v) is 3.35. The Morgan fingerprint density at radius 3 is 2.53 bits per heavy atom. The number of carboxylic acids is 1. The molecule has 0 spiro atoms. The first-order valence-electron chi connectivity index (χ1n) is 4.64. The lowest BCUT2D eigenvalue weighted by Gasteiger charge is -1.99. The summed E-state index contributed by atoms with van der Waals surface area (Å²) in [6, 6.07) is 2.88. The SMILES string of the molecule is O=C(O)Cc1cn(-c2cc(F)cc(F)c2)nn1. The van der Waals surface area contributed by atoms with Gasteiger partial charge in [0.1, 0.15) is 11.6 Å². The normalized spacial score (nSPS) is 10.5. The molecule has 0 fully saturated rings. The van der Waals surface area contributed by atoms with Crippen molar-refractivity contribution in [2.75, 3.05) is 0 Å². The van der Waals surface area contributed by atoms with E-state index in [1.54, 1.807) is 0 Å². The van der Waals surface area contributed by atoms with E-state index in [-0.39, 0.29) is 17.8 Å². The highest BCUT2D eigenvalue weighted by Gasteiger charge is 2.08. The molecule has 88 valence electrons. The van der Waals surface area contributed by atoms with Crippen LogP contribution in [-0.2, 0) is 11.2 Å². The molecule has 0 saturated carbocycles. The van der Waals surface area contributed by atoms with Crippen molar-refractivity contribution in [1.82, 2.24) is 15.0 Å². The van der Waals surface area contributed by atoms with Gasteiger partial charge in [-0.05, 0) is 12.1 Å². The highest BCUT2D eigenvalue weighted by atomic mass is 19.1. The lowest BCUT2D eigenvalue weighted by Crippen LogP contribution is -2.00. The van der Waals surface area contributed by atoms with Gasteiger partial charge in [-0.25, -0.2) is 13.5 Å². The Kier molecular flexibility index (Phi) is 2.82. The van der Waals surface area contributed by atoms with Gasteiger partial charge < -0.3 is 5.11 Å². The molecule has 0 atom stereocenters. The number of hydrogen-bond acceptors (Lipinski definition) is 3. The van der Waals surface area contributed by atoms with Crippen molar-refractivity contribution >= 4 is 5.97 Å². The first-order valence-corrected chi connectivity index (χ1v) is 4.64. The Morgan fingerprint density at radius 1 is 1.29 bits per heavy atom. The van der Waals surface area contributed by atoms with E-state index in [1.807, 2.05) is 0 Å². The minimum absolute atomic E-state index is 0.145. The minimum atomic E-state index is -1.05. The van der Waals surface area contributed by atoms with Crippen LogP contribution in [0.2, 0.25) is 0 Å². The third kappa shape index (κ3) is 2.63. The first kappa shape index (κ1) is 11.2. The predicted molar refractivity (Wildman–Crippen MR) is 52.6 cm³/mol. The minimum Gasteiger partial charge on any atom is -0.481 e. The molecule has 0 aliphatic carbocycles. The molecule has 0 radical (unpaired) electrons. The fourth-order valence-corrected chi connectivity index (χ4v) is 1.33. The van der Waals surface area contributed by atoms with E-state index in [9.17, 15) is 13.6 Å². The summed E-state index contributed by atoms with van der Waals surface area (Å²) in [5.41, 5.74) is 0.355. The average molecular weight is 239 g/mol. The van der Waals surface area contributed by atoms with E-state index in [0.29, 0.717) is 0 Å². The van der Waals surface area contributed by atoms with Gasteiger partial charge in [-0.2, -0.15) is 0 Å². The smallest absolute Gasteiger partial charge is 0.309 e. The third-order valence-corrected chi connectivity index (χ3v) is 1.99. The highest BCUT2D eigenvalue weighted by Crippen LogP contribution is 2.12. The van der Waals surface area contributed by atoms with Crippen molar-refractivity contribution in [2.45, 2.75) is 6.42 Å². The molecule has 17 heavy (non-hydrogen) atoms. The van der Waals surface area contributed by atoms with E-state index in [2.05, 4.69) is 10.3 Å². The molecule has 0 aliphatic heterocycles. The molecule has 5 nitrogen and oxygen atoms in total. The predicted octanol–water partition coefficient (Wildman–Crippen LogP) is 1.17. The number of carboxylic acid groups (broad SMARTS) is 1. The maximum Gasteiger partial charge on any atom is 0.309 e. The molecule has 1 heterocycles. The molecule has 0 unspecified atom stereocenters. The van der Waals surface area contributed by atoms with Gasteiger partial charge in [-0.15, -0.1) is 5.10 Å². The molecule has 0 aliphatic rings. The molecular weight excluding hydrogens is 232 g/mol. The van der Waals surface area contributed by atoms with Crippen LogP contribution in [0.15, 0.2) is 24.4 Å². The number of aromatic nitrogens is 3. The topological polar surface area (TPSA) is 68.0 Å². The highest BCUT2D eigenvalue weighted by molar-refractivity contribution is 5.69. The van der Waals surface area contributed by atoms with Gasteiger partial charge in [0.15, 0.2) is 0 Å². The van der Waals surface area contributed by atoms with E-state index in [4.69, 9.17) is 5.11 Å². The lowest BCUT2D eigenvalue weighted by molar-refractivity contribution is -0.136. The molecule has 0 saturated heterocycles. The maximum absolute atomic E-state index is 12.9. The largest absolute Gasteiger partial charge is 0.481 e. The number of halogens is 2. The molecule has 1 aromatic carbocycles. The zero-order valence-electron chi connectivity index (χ0n) is 8.47. The van der Waals surface area contributed by atoms with Crippen molar-refractivity contribution in [3.63, 3.8) is 0 Å². The molecular formula is C10H7F2N3O2. The molecule has 7 heteroatoms. The van der Waals surface area contributed by atoms with Crippen LogP contribution in [-0.4, -0.2) is 26.1 Å². The summed E-state index contributed by atoms with van der Waals surface area (Å²) in [5, 5.41) is 15.7. The summed E-state index contributed by atoms with van der Waals surface area (Å²) in [6.07, 6.45) is 1.01. The van der Waals surface area contributed by atoms with Gasteiger partial charge >= 0.3 is 5.97 Å². The average Bonchev–Trinajstić information content (AvgIpc) is 2.63. The van der Waals surface area contributed by atoms with Crippen LogP contribution < -0.4 is 0 Å². The van der Waals surface area contributed by atoms with E-state index >= 15 is 0 Å². The monoisotopic (exact) mass is 239 g/mol. The Labute approximate surface area is 94.3 Å². The Bertz CT molecular complexity index is 548. The quantitative estimate of drug-likeness (QED) is 0.873. The van der Waals surface area contributed by atoms with Crippen LogP contribution in [0.3, 0.4) is 0 Å². The summed E-state index contributed by atoms with van der Waals surface area (Å²) in [4.78, 5) is 10.4. The number of aliphatic carboxylic acids is 1. The van der Waals surface area contributed by atoms with Crippen LogP contribution in [0.1, 0.15) is 5.69 Å². The van der Waals surface area contributed by atoms with Crippen molar-refractivity contribution in [3.8, 4) is 5.69 Å². The fraction of sp³-hybridized carbons (Fsp3) is 0.100. The van der Waals surface area contributed by atoms with Crippen molar-refractivity contribution < 1.29 is 18.7 Å². The molecule has 1 N–H and O–H groups in total. The summed E-state index contributed by atoms with van der Waals surface area (Å²) < 4.78 is 27.0. The van der Waals surface area contributed by atoms with E-state index in [0.717, 1.165) is 22.9 Å². The number of nitrogens with zero attached hydrogens (tertiary/aromatic N) is 3. The lowest BCUT2D eigenvalue weighted by atomic mass is 10.3. The van der Waals surface area contributed by atoms with Crippen molar-refractivity contribution in [3.05, 3.63) is 41.7 Å². The Balaban J connectivity index is 2.33.